The molecule has 0 saturated heterocycles. The lowest BCUT2D eigenvalue weighted by atomic mass is 9.82. The summed E-state index contributed by atoms with van der Waals surface area (Å²) < 4.78 is 0. The molecule has 0 aromatic carbocycles. The van der Waals surface area contributed by atoms with Crippen LogP contribution >= 0.6 is 0 Å². The Morgan fingerprint density at radius 3 is 1.71 bits per heavy atom. The molecule has 0 fully saturated rings. The molecule has 0 N–H and O–H groups in total. The van der Waals surface area contributed by atoms with Crippen LogP contribution in [0.25, 0.3) is 0 Å². The van der Waals surface area contributed by atoms with Gasteiger partial charge in [0.15, 0.2) is 0 Å². The Bertz CT molecular complexity index is 142. The number of hydrogen-bond donors (Lipinski definition) is 0. The average molecular weight is 198 g/mol. The third-order valence-electron chi connectivity index (χ3n) is 2.58. The van der Waals surface area contributed by atoms with E-state index in [0.29, 0.717) is 10.8 Å². The quantitative estimate of drug-likeness (QED) is 0.577. The van der Waals surface area contributed by atoms with Gasteiger partial charge < -0.3 is 0 Å². The third-order valence-corrected chi connectivity index (χ3v) is 2.58. The van der Waals surface area contributed by atoms with Gasteiger partial charge in [0.2, 0.25) is 0 Å². The molecule has 0 nitrogen and oxygen atoms in total. The first-order valence-corrected chi connectivity index (χ1v) is 6.10. The van der Waals surface area contributed by atoms with E-state index in [0.717, 1.165) is 5.92 Å². The minimum absolute atomic E-state index is 0.501. The van der Waals surface area contributed by atoms with E-state index in [1.807, 2.05) is 0 Å². The van der Waals surface area contributed by atoms with Crippen molar-refractivity contribution in [3.63, 3.8) is 0 Å². The molecule has 0 heteroatoms. The van der Waals surface area contributed by atoms with Crippen molar-refractivity contribution in [2.24, 2.45) is 16.7 Å². The van der Waals surface area contributed by atoms with Crippen molar-refractivity contribution in [1.29, 1.82) is 0 Å². The van der Waals surface area contributed by atoms with Gasteiger partial charge in [-0.25, -0.2) is 0 Å². The van der Waals surface area contributed by atoms with Gasteiger partial charge in [0.25, 0.3) is 0 Å². The van der Waals surface area contributed by atoms with Crippen LogP contribution in [0, 0.1) is 16.7 Å². The van der Waals surface area contributed by atoms with E-state index < -0.39 is 0 Å². The maximum absolute atomic E-state index is 2.40. The molecule has 0 bridgehead atoms. The highest BCUT2D eigenvalue weighted by atomic mass is 14.2. The summed E-state index contributed by atoms with van der Waals surface area (Å²) in [5.74, 6) is 0.886. The van der Waals surface area contributed by atoms with Crippen LogP contribution in [0.2, 0.25) is 0 Å². The van der Waals surface area contributed by atoms with E-state index in [2.05, 4.69) is 48.5 Å². The van der Waals surface area contributed by atoms with E-state index in [-0.39, 0.29) is 0 Å². The van der Waals surface area contributed by atoms with Crippen molar-refractivity contribution in [3.05, 3.63) is 0 Å². The fraction of sp³-hybridized carbons (Fsp3) is 1.00. The molecule has 0 spiro atoms. The maximum atomic E-state index is 2.40. The van der Waals surface area contributed by atoms with E-state index in [1.165, 1.54) is 25.7 Å². The van der Waals surface area contributed by atoms with Gasteiger partial charge in [0.1, 0.15) is 0 Å². The monoisotopic (exact) mass is 198 g/mol. The fourth-order valence-electron chi connectivity index (χ4n) is 2.13. The van der Waals surface area contributed by atoms with Crippen LogP contribution in [0.1, 0.15) is 74.1 Å². The topological polar surface area (TPSA) is 0 Å². The Kier molecular flexibility index (Phi) is 5.19. The molecular formula is C14H30. The summed E-state index contributed by atoms with van der Waals surface area (Å²) in [5, 5.41) is 0. The first kappa shape index (κ1) is 14.0. The van der Waals surface area contributed by atoms with Crippen LogP contribution in [-0.4, -0.2) is 0 Å². The summed E-state index contributed by atoms with van der Waals surface area (Å²) in [7, 11) is 0. The van der Waals surface area contributed by atoms with Crippen molar-refractivity contribution in [2.75, 3.05) is 0 Å². The van der Waals surface area contributed by atoms with Crippen molar-refractivity contribution < 1.29 is 0 Å². The predicted octanol–water partition coefficient (Wildman–Crippen LogP) is 5.28. The lowest BCUT2D eigenvalue weighted by molar-refractivity contribution is 0.276. The lowest BCUT2D eigenvalue weighted by Gasteiger charge is -2.24. The summed E-state index contributed by atoms with van der Waals surface area (Å²) in [4.78, 5) is 0. The molecule has 0 aromatic rings. The normalized spacial score (nSPS) is 15.6. The maximum Gasteiger partial charge on any atom is -0.0380 e. The molecule has 0 radical (unpaired) electrons. The summed E-state index contributed by atoms with van der Waals surface area (Å²) in [6.07, 6.45) is 5.51. The SMILES string of the molecule is CC(CCCC(C)(C)C)CC(C)(C)C. The first-order chi connectivity index (χ1) is 6.10. The summed E-state index contributed by atoms with van der Waals surface area (Å²) in [6, 6.07) is 0. The van der Waals surface area contributed by atoms with Crippen LogP contribution in [0.15, 0.2) is 0 Å². The average Bonchev–Trinajstić information content (AvgIpc) is 1.78. The molecule has 0 aromatic heterocycles. The Balaban J connectivity index is 3.60. The van der Waals surface area contributed by atoms with Gasteiger partial charge in [-0.15, -0.1) is 0 Å². The van der Waals surface area contributed by atoms with Crippen LogP contribution in [0.5, 0.6) is 0 Å². The van der Waals surface area contributed by atoms with E-state index in [1.54, 1.807) is 0 Å². The molecule has 1 atom stereocenters. The molecule has 0 aliphatic carbocycles. The van der Waals surface area contributed by atoms with Crippen LogP contribution in [0.3, 0.4) is 0 Å². The molecule has 0 amide bonds. The molecule has 1 unspecified atom stereocenters. The molecule has 14 heavy (non-hydrogen) atoms. The predicted molar refractivity (Wildman–Crippen MR) is 66.5 cm³/mol. The molecular weight excluding hydrogens is 168 g/mol. The van der Waals surface area contributed by atoms with Crippen molar-refractivity contribution >= 4 is 0 Å². The smallest absolute Gasteiger partial charge is 0.0380 e. The zero-order chi connectivity index (χ0) is 11.4. The zero-order valence-electron chi connectivity index (χ0n) is 11.4. The highest BCUT2D eigenvalue weighted by Crippen LogP contribution is 2.29. The lowest BCUT2D eigenvalue weighted by Crippen LogP contribution is -2.12. The van der Waals surface area contributed by atoms with Crippen molar-refractivity contribution in [1.82, 2.24) is 0 Å². The van der Waals surface area contributed by atoms with Gasteiger partial charge in [-0.2, -0.15) is 0 Å². The summed E-state index contributed by atoms with van der Waals surface area (Å²) >= 11 is 0. The molecule has 0 rings (SSSR count). The Labute approximate surface area is 91.5 Å². The van der Waals surface area contributed by atoms with Gasteiger partial charge in [0, 0.05) is 0 Å². The van der Waals surface area contributed by atoms with Crippen molar-refractivity contribution in [3.8, 4) is 0 Å². The molecule has 0 saturated carbocycles. The fourth-order valence-corrected chi connectivity index (χ4v) is 2.13. The second kappa shape index (κ2) is 5.19. The standard InChI is InChI=1S/C14H30/c1-12(11-14(5,6)7)9-8-10-13(2,3)4/h12H,8-11H2,1-7H3. The zero-order valence-corrected chi connectivity index (χ0v) is 11.4. The second-order valence-corrected chi connectivity index (χ2v) is 7.32. The summed E-state index contributed by atoms with van der Waals surface area (Å²) in [5.41, 5.74) is 1.02. The van der Waals surface area contributed by atoms with E-state index >= 15 is 0 Å². The van der Waals surface area contributed by atoms with Crippen LogP contribution in [-0.2, 0) is 0 Å². The van der Waals surface area contributed by atoms with Gasteiger partial charge in [-0.1, -0.05) is 61.3 Å². The minimum atomic E-state index is 0.501. The summed E-state index contributed by atoms with van der Waals surface area (Å²) in [6.45, 7) is 16.4. The largest absolute Gasteiger partial charge is 0.0625 e. The van der Waals surface area contributed by atoms with Crippen LogP contribution < -0.4 is 0 Å². The Hall–Kier alpha value is 0. The first-order valence-electron chi connectivity index (χ1n) is 6.10. The highest BCUT2D eigenvalue weighted by Gasteiger charge is 2.16. The highest BCUT2D eigenvalue weighted by molar-refractivity contribution is 4.68. The Morgan fingerprint density at radius 1 is 0.857 bits per heavy atom. The second-order valence-electron chi connectivity index (χ2n) is 7.32. The Morgan fingerprint density at radius 2 is 1.36 bits per heavy atom. The van der Waals surface area contributed by atoms with Gasteiger partial charge in [-0.05, 0) is 29.6 Å². The molecule has 0 aliphatic heterocycles. The van der Waals surface area contributed by atoms with Gasteiger partial charge in [-0.3, -0.25) is 0 Å². The third kappa shape index (κ3) is 10.1. The van der Waals surface area contributed by atoms with E-state index in [4.69, 9.17) is 0 Å². The van der Waals surface area contributed by atoms with Gasteiger partial charge >= 0.3 is 0 Å². The van der Waals surface area contributed by atoms with E-state index in [9.17, 15) is 0 Å². The number of rotatable bonds is 4. The van der Waals surface area contributed by atoms with Crippen LogP contribution in [0.4, 0.5) is 0 Å². The van der Waals surface area contributed by atoms with Crippen molar-refractivity contribution in [2.45, 2.75) is 74.1 Å². The van der Waals surface area contributed by atoms with Gasteiger partial charge in [0.05, 0.1) is 0 Å². The molecule has 86 valence electrons. The minimum Gasteiger partial charge on any atom is -0.0625 e. The number of hydrogen-bond acceptors (Lipinski definition) is 0. The molecule has 0 aliphatic rings. The molecule has 0 heterocycles.